The van der Waals surface area contributed by atoms with Gasteiger partial charge in [-0.15, -0.1) is 17.5 Å². The van der Waals surface area contributed by atoms with Gasteiger partial charge in [-0.05, 0) is 37.5 Å². The molecule has 0 unspecified atom stereocenters. The molecule has 2 aromatic carbocycles. The summed E-state index contributed by atoms with van der Waals surface area (Å²) in [5.74, 6) is 0. The highest BCUT2D eigenvalue weighted by atomic mass is 35.5. The molecule has 3 aromatic rings. The van der Waals surface area contributed by atoms with E-state index in [1.54, 1.807) is 4.68 Å². The molecule has 0 amide bonds. The number of rotatable bonds is 7. The summed E-state index contributed by atoms with van der Waals surface area (Å²) in [5.41, 5.74) is 10.0. The van der Waals surface area contributed by atoms with E-state index in [1.807, 2.05) is 61.7 Å². The fourth-order valence-corrected chi connectivity index (χ4v) is 2.66. The molecule has 0 aliphatic rings. The first-order valence-corrected chi connectivity index (χ1v) is 8.62. The number of aryl methyl sites for hydroxylation is 2. The van der Waals surface area contributed by atoms with Crippen LogP contribution in [0.15, 0.2) is 54.7 Å². The van der Waals surface area contributed by atoms with Crippen molar-refractivity contribution in [3.8, 4) is 16.9 Å². The number of aromatic nitrogens is 3. The van der Waals surface area contributed by atoms with Gasteiger partial charge in [-0.3, -0.25) is 0 Å². The number of aliphatic hydroxyl groups is 2. The van der Waals surface area contributed by atoms with Gasteiger partial charge < -0.3 is 15.9 Å². The van der Waals surface area contributed by atoms with Gasteiger partial charge in [-0.2, -0.15) is 0 Å². The summed E-state index contributed by atoms with van der Waals surface area (Å²) in [6.07, 6.45) is 3.11. The Morgan fingerprint density at radius 1 is 1.00 bits per heavy atom. The van der Waals surface area contributed by atoms with Crippen LogP contribution in [0.4, 0.5) is 0 Å². The second-order valence-corrected chi connectivity index (χ2v) is 6.76. The summed E-state index contributed by atoms with van der Waals surface area (Å²) in [4.78, 5) is 0. The molecule has 0 bridgehead atoms. The molecular formula is C20H25ClN4O2. The molecule has 4 N–H and O–H groups in total. The molecule has 0 saturated carbocycles. The Morgan fingerprint density at radius 3 is 2.22 bits per heavy atom. The maximum Gasteiger partial charge on any atom is 0.113 e. The van der Waals surface area contributed by atoms with Crippen molar-refractivity contribution in [3.63, 3.8) is 0 Å². The topological polar surface area (TPSA) is 97.2 Å². The van der Waals surface area contributed by atoms with Crippen LogP contribution in [0.1, 0.15) is 17.5 Å². The van der Waals surface area contributed by atoms with Crippen molar-refractivity contribution in [2.75, 3.05) is 13.2 Å². The number of aliphatic hydroxyl groups excluding tert-OH is 2. The molecule has 3 rings (SSSR count). The highest BCUT2D eigenvalue weighted by molar-refractivity contribution is 5.85. The van der Waals surface area contributed by atoms with E-state index in [9.17, 15) is 10.2 Å². The van der Waals surface area contributed by atoms with Crippen LogP contribution >= 0.6 is 12.4 Å². The Hall–Kier alpha value is -2.25. The minimum Gasteiger partial charge on any atom is -0.394 e. The maximum absolute atomic E-state index is 9.26. The number of nitrogens with two attached hydrogens (primary N) is 1. The molecule has 144 valence electrons. The minimum absolute atomic E-state index is 0. The third kappa shape index (κ3) is 5.14. The number of benzene rings is 2. The van der Waals surface area contributed by atoms with Crippen molar-refractivity contribution < 1.29 is 10.2 Å². The Kier molecular flexibility index (Phi) is 7.10. The highest BCUT2D eigenvalue weighted by Crippen LogP contribution is 2.20. The smallest absolute Gasteiger partial charge is 0.113 e. The predicted octanol–water partition coefficient (Wildman–Crippen LogP) is 2.28. The Balaban J connectivity index is 0.00000261. The van der Waals surface area contributed by atoms with E-state index >= 15 is 0 Å². The van der Waals surface area contributed by atoms with E-state index in [1.165, 1.54) is 5.56 Å². The van der Waals surface area contributed by atoms with Gasteiger partial charge in [0.2, 0.25) is 0 Å². The van der Waals surface area contributed by atoms with E-state index in [0.29, 0.717) is 12.8 Å². The second-order valence-electron chi connectivity index (χ2n) is 6.76. The van der Waals surface area contributed by atoms with E-state index in [-0.39, 0.29) is 25.6 Å². The zero-order chi connectivity index (χ0) is 18.6. The van der Waals surface area contributed by atoms with Gasteiger partial charge >= 0.3 is 0 Å². The Bertz CT molecular complexity index is 843. The lowest BCUT2D eigenvalue weighted by molar-refractivity contribution is 0.115. The molecule has 0 saturated heterocycles. The van der Waals surface area contributed by atoms with E-state index < -0.39 is 5.54 Å². The summed E-state index contributed by atoms with van der Waals surface area (Å²) in [6, 6.07) is 16.1. The maximum atomic E-state index is 9.26. The lowest BCUT2D eigenvalue weighted by Crippen LogP contribution is -2.47. The van der Waals surface area contributed by atoms with Crippen LogP contribution in [0.2, 0.25) is 0 Å². The van der Waals surface area contributed by atoms with Crippen LogP contribution in [-0.4, -0.2) is 44.0 Å². The lowest BCUT2D eigenvalue weighted by Gasteiger charge is -2.24. The van der Waals surface area contributed by atoms with Gasteiger partial charge in [-0.25, -0.2) is 4.68 Å². The molecular weight excluding hydrogens is 364 g/mol. The summed E-state index contributed by atoms with van der Waals surface area (Å²) < 4.78 is 1.76. The summed E-state index contributed by atoms with van der Waals surface area (Å²) >= 11 is 0. The molecule has 0 aliphatic carbocycles. The molecule has 1 aromatic heterocycles. The first kappa shape index (κ1) is 21.1. The van der Waals surface area contributed by atoms with E-state index in [2.05, 4.69) is 10.3 Å². The van der Waals surface area contributed by atoms with Crippen LogP contribution in [0, 0.1) is 6.92 Å². The number of hydrogen-bond donors (Lipinski definition) is 3. The summed E-state index contributed by atoms with van der Waals surface area (Å²) in [7, 11) is 0. The molecule has 27 heavy (non-hydrogen) atoms. The van der Waals surface area contributed by atoms with Gasteiger partial charge in [0.15, 0.2) is 0 Å². The van der Waals surface area contributed by atoms with Gasteiger partial charge in [0.1, 0.15) is 5.69 Å². The average molecular weight is 389 g/mol. The van der Waals surface area contributed by atoms with Crippen LogP contribution in [0.5, 0.6) is 0 Å². The fraction of sp³-hybridized carbons (Fsp3) is 0.300. The van der Waals surface area contributed by atoms with Gasteiger partial charge in [0, 0.05) is 5.56 Å². The normalized spacial score (nSPS) is 11.3. The van der Waals surface area contributed by atoms with Gasteiger partial charge in [0.05, 0.1) is 30.6 Å². The summed E-state index contributed by atoms with van der Waals surface area (Å²) in [5, 5.41) is 27.0. The lowest BCUT2D eigenvalue weighted by atomic mass is 9.93. The molecule has 6 nitrogen and oxygen atoms in total. The molecule has 0 spiro atoms. The number of hydrogen-bond acceptors (Lipinski definition) is 5. The zero-order valence-corrected chi connectivity index (χ0v) is 16.1. The van der Waals surface area contributed by atoms with Crippen LogP contribution in [0.3, 0.4) is 0 Å². The molecule has 7 heteroatoms. The van der Waals surface area contributed by atoms with Crippen LogP contribution in [0.25, 0.3) is 16.9 Å². The largest absolute Gasteiger partial charge is 0.394 e. The van der Waals surface area contributed by atoms with Crippen LogP contribution < -0.4 is 5.73 Å². The molecule has 1 heterocycles. The molecule has 0 radical (unpaired) electrons. The van der Waals surface area contributed by atoms with Crippen molar-refractivity contribution in [3.05, 3.63) is 65.9 Å². The zero-order valence-electron chi connectivity index (χ0n) is 15.2. The molecule has 0 fully saturated rings. The fourth-order valence-electron chi connectivity index (χ4n) is 2.66. The van der Waals surface area contributed by atoms with Crippen molar-refractivity contribution in [1.29, 1.82) is 0 Å². The predicted molar refractivity (Wildman–Crippen MR) is 108 cm³/mol. The second kappa shape index (κ2) is 9.10. The van der Waals surface area contributed by atoms with Crippen molar-refractivity contribution in [1.82, 2.24) is 15.0 Å². The molecule has 0 aliphatic heterocycles. The van der Waals surface area contributed by atoms with Crippen molar-refractivity contribution in [2.24, 2.45) is 5.73 Å². The van der Waals surface area contributed by atoms with Crippen LogP contribution in [-0.2, 0) is 6.42 Å². The first-order chi connectivity index (χ1) is 12.5. The van der Waals surface area contributed by atoms with Gasteiger partial charge in [0.25, 0.3) is 0 Å². The number of halogens is 1. The third-order valence-electron chi connectivity index (χ3n) is 4.58. The average Bonchev–Trinajstić information content (AvgIpc) is 3.17. The van der Waals surface area contributed by atoms with Crippen molar-refractivity contribution in [2.45, 2.75) is 25.3 Å². The summed E-state index contributed by atoms with van der Waals surface area (Å²) in [6.45, 7) is 1.58. The Labute approximate surface area is 165 Å². The van der Waals surface area contributed by atoms with E-state index in [0.717, 1.165) is 22.5 Å². The minimum atomic E-state index is -0.935. The molecule has 0 atom stereocenters. The van der Waals surface area contributed by atoms with E-state index in [4.69, 9.17) is 5.73 Å². The SMILES string of the molecule is Cc1ccc(-n2cc(-c3ccc(CCC(N)(CO)CO)cc3)nn2)cc1.Cl. The van der Waals surface area contributed by atoms with Crippen molar-refractivity contribution >= 4 is 12.4 Å². The third-order valence-corrected chi connectivity index (χ3v) is 4.58. The Morgan fingerprint density at radius 2 is 1.63 bits per heavy atom. The van der Waals surface area contributed by atoms with Gasteiger partial charge in [-0.1, -0.05) is 47.2 Å². The first-order valence-electron chi connectivity index (χ1n) is 8.62. The highest BCUT2D eigenvalue weighted by Gasteiger charge is 2.22. The monoisotopic (exact) mass is 388 g/mol. The number of nitrogens with zero attached hydrogens (tertiary/aromatic N) is 3. The quantitative estimate of drug-likeness (QED) is 0.577. The standard InChI is InChI=1S/C20H24N4O2.ClH/c1-15-2-8-18(9-3-15)24-12-19(22-23-24)17-6-4-16(5-7-17)10-11-20(21,13-25)14-26;/h2-9,12,25-26H,10-11,13-14,21H2,1H3;1H.